The Labute approximate surface area is 117 Å². The van der Waals surface area contributed by atoms with Gasteiger partial charge in [-0.2, -0.15) is 0 Å². The van der Waals surface area contributed by atoms with Crippen LogP contribution < -0.4 is 0 Å². The number of nitrogens with zero attached hydrogens (tertiary/aromatic N) is 1. The first-order valence-electron chi connectivity index (χ1n) is 7.82. The Kier molecular flexibility index (Phi) is 5.71. The lowest BCUT2D eigenvalue weighted by Gasteiger charge is -2.34. The monoisotopic (exact) mass is 261 g/mol. The third-order valence-electron chi connectivity index (χ3n) is 4.26. The second-order valence-corrected chi connectivity index (χ2v) is 5.74. The van der Waals surface area contributed by atoms with Crippen molar-refractivity contribution in [1.82, 2.24) is 4.90 Å². The Morgan fingerprint density at radius 1 is 1.16 bits per heavy atom. The van der Waals surface area contributed by atoms with Crippen molar-refractivity contribution >= 4 is 0 Å². The number of hydrogen-bond donors (Lipinski definition) is 1. The first kappa shape index (κ1) is 14.4. The van der Waals surface area contributed by atoms with E-state index in [2.05, 4.69) is 17.9 Å². The number of phenolic OH excluding ortho intramolecular Hbond substituents is 1. The lowest BCUT2D eigenvalue weighted by Crippen LogP contribution is -2.37. The highest BCUT2D eigenvalue weighted by molar-refractivity contribution is 5.31. The average Bonchev–Trinajstić information content (AvgIpc) is 2.46. The van der Waals surface area contributed by atoms with Crippen molar-refractivity contribution in [2.24, 2.45) is 0 Å². The van der Waals surface area contributed by atoms with Crippen LogP contribution >= 0.6 is 0 Å². The lowest BCUT2D eigenvalue weighted by molar-refractivity contribution is 0.144. The molecule has 0 bridgehead atoms. The summed E-state index contributed by atoms with van der Waals surface area (Å²) in [6, 6.07) is 8.50. The quantitative estimate of drug-likeness (QED) is 0.824. The molecule has 0 amide bonds. The second kappa shape index (κ2) is 7.54. The van der Waals surface area contributed by atoms with Crippen LogP contribution in [0.2, 0.25) is 0 Å². The summed E-state index contributed by atoms with van der Waals surface area (Å²) in [6.45, 7) is 4.31. The predicted molar refractivity (Wildman–Crippen MR) is 80.3 cm³/mol. The molecule has 1 aliphatic rings. The summed E-state index contributed by atoms with van der Waals surface area (Å²) >= 11 is 0. The average molecular weight is 261 g/mol. The van der Waals surface area contributed by atoms with Gasteiger partial charge in [0.2, 0.25) is 0 Å². The van der Waals surface area contributed by atoms with Crippen LogP contribution in [-0.4, -0.2) is 22.6 Å². The first-order valence-corrected chi connectivity index (χ1v) is 7.82. The molecule has 0 atom stereocenters. The number of aromatic hydroxyl groups is 1. The highest BCUT2D eigenvalue weighted by atomic mass is 16.3. The maximum absolute atomic E-state index is 9.96. The molecule has 19 heavy (non-hydrogen) atoms. The number of rotatable bonds is 6. The molecule has 1 aromatic rings. The minimum Gasteiger partial charge on any atom is -0.508 e. The van der Waals surface area contributed by atoms with E-state index in [4.69, 9.17) is 0 Å². The number of benzene rings is 1. The minimum absolute atomic E-state index is 0.444. The van der Waals surface area contributed by atoms with Gasteiger partial charge in [-0.1, -0.05) is 50.8 Å². The van der Waals surface area contributed by atoms with Crippen molar-refractivity contribution < 1.29 is 5.11 Å². The molecule has 0 unspecified atom stereocenters. The predicted octanol–water partition coefficient (Wildman–Crippen LogP) is 4.33. The molecule has 0 heterocycles. The molecule has 2 heteroatoms. The van der Waals surface area contributed by atoms with Crippen LogP contribution in [0.4, 0.5) is 0 Å². The van der Waals surface area contributed by atoms with Gasteiger partial charge in [0.1, 0.15) is 5.75 Å². The molecule has 0 aliphatic heterocycles. The summed E-state index contributed by atoms with van der Waals surface area (Å²) < 4.78 is 0. The summed E-state index contributed by atoms with van der Waals surface area (Å²) in [7, 11) is 0. The highest BCUT2D eigenvalue weighted by Crippen LogP contribution is 2.26. The molecular formula is C17H27NO. The van der Waals surface area contributed by atoms with Gasteiger partial charge in [0.05, 0.1) is 0 Å². The van der Waals surface area contributed by atoms with Crippen molar-refractivity contribution in [1.29, 1.82) is 0 Å². The fraction of sp³-hybridized carbons (Fsp3) is 0.647. The van der Waals surface area contributed by atoms with Crippen molar-refractivity contribution in [2.45, 2.75) is 64.5 Å². The van der Waals surface area contributed by atoms with E-state index in [1.54, 1.807) is 6.07 Å². The topological polar surface area (TPSA) is 23.5 Å². The van der Waals surface area contributed by atoms with Gasteiger partial charge in [0, 0.05) is 18.2 Å². The number of phenols is 1. The van der Waals surface area contributed by atoms with E-state index >= 15 is 0 Å². The summed E-state index contributed by atoms with van der Waals surface area (Å²) in [4.78, 5) is 2.59. The van der Waals surface area contributed by atoms with Crippen LogP contribution in [0.15, 0.2) is 24.3 Å². The summed E-state index contributed by atoms with van der Waals surface area (Å²) in [5.41, 5.74) is 1.07. The van der Waals surface area contributed by atoms with Gasteiger partial charge in [-0.25, -0.2) is 0 Å². The Hall–Kier alpha value is -1.02. The largest absolute Gasteiger partial charge is 0.508 e. The van der Waals surface area contributed by atoms with Gasteiger partial charge in [-0.15, -0.1) is 0 Å². The Bertz CT molecular complexity index is 371. The molecule has 1 fully saturated rings. The molecule has 0 saturated heterocycles. The molecule has 2 nitrogen and oxygen atoms in total. The summed E-state index contributed by atoms with van der Waals surface area (Å²) in [5.74, 6) is 0.444. The van der Waals surface area contributed by atoms with Gasteiger partial charge in [-0.3, -0.25) is 4.90 Å². The fourth-order valence-corrected chi connectivity index (χ4v) is 3.06. The highest BCUT2D eigenvalue weighted by Gasteiger charge is 2.21. The third-order valence-corrected chi connectivity index (χ3v) is 4.26. The van der Waals surface area contributed by atoms with Crippen LogP contribution in [-0.2, 0) is 6.54 Å². The molecule has 1 aromatic carbocycles. The van der Waals surface area contributed by atoms with Crippen LogP contribution in [0.25, 0.3) is 0 Å². The number of unbranched alkanes of at least 4 members (excludes halogenated alkanes) is 1. The smallest absolute Gasteiger partial charge is 0.120 e. The Morgan fingerprint density at radius 3 is 2.58 bits per heavy atom. The Morgan fingerprint density at radius 2 is 1.89 bits per heavy atom. The van der Waals surface area contributed by atoms with Gasteiger partial charge in [-0.05, 0) is 31.9 Å². The minimum atomic E-state index is 0.444. The third kappa shape index (κ3) is 4.24. The number of hydrogen-bond acceptors (Lipinski definition) is 2. The van der Waals surface area contributed by atoms with E-state index in [0.717, 1.165) is 24.7 Å². The SMILES string of the molecule is CCCCN(Cc1ccccc1O)C1CCCCC1. The Balaban J connectivity index is 2.02. The molecule has 1 aliphatic carbocycles. The second-order valence-electron chi connectivity index (χ2n) is 5.74. The van der Waals surface area contributed by atoms with Crippen molar-refractivity contribution in [3.8, 4) is 5.75 Å². The van der Waals surface area contributed by atoms with E-state index in [-0.39, 0.29) is 0 Å². The zero-order chi connectivity index (χ0) is 13.5. The van der Waals surface area contributed by atoms with E-state index < -0.39 is 0 Å². The van der Waals surface area contributed by atoms with Gasteiger partial charge in [0.25, 0.3) is 0 Å². The van der Waals surface area contributed by atoms with Gasteiger partial charge in [0.15, 0.2) is 0 Å². The van der Waals surface area contributed by atoms with Gasteiger partial charge < -0.3 is 5.11 Å². The zero-order valence-electron chi connectivity index (χ0n) is 12.1. The van der Waals surface area contributed by atoms with Crippen molar-refractivity contribution in [3.63, 3.8) is 0 Å². The maximum Gasteiger partial charge on any atom is 0.120 e. The van der Waals surface area contributed by atoms with Crippen molar-refractivity contribution in [2.75, 3.05) is 6.54 Å². The van der Waals surface area contributed by atoms with Gasteiger partial charge >= 0.3 is 0 Å². The molecule has 106 valence electrons. The molecule has 0 spiro atoms. The van der Waals surface area contributed by atoms with Crippen LogP contribution in [0.5, 0.6) is 5.75 Å². The van der Waals surface area contributed by atoms with E-state index in [0.29, 0.717) is 5.75 Å². The molecule has 1 N–H and O–H groups in total. The molecule has 2 rings (SSSR count). The van der Waals surface area contributed by atoms with E-state index in [1.807, 2.05) is 12.1 Å². The molecule has 0 aromatic heterocycles. The van der Waals surface area contributed by atoms with Crippen LogP contribution in [0.1, 0.15) is 57.4 Å². The lowest BCUT2D eigenvalue weighted by atomic mass is 9.93. The zero-order valence-corrected chi connectivity index (χ0v) is 12.1. The first-order chi connectivity index (χ1) is 9.31. The standard InChI is InChI=1S/C17H27NO/c1-2-3-13-18(16-10-5-4-6-11-16)14-15-9-7-8-12-17(15)19/h7-9,12,16,19H,2-6,10-11,13-14H2,1H3. The number of para-hydroxylation sites is 1. The summed E-state index contributed by atoms with van der Waals surface area (Å²) in [5, 5.41) is 9.96. The van der Waals surface area contributed by atoms with Crippen molar-refractivity contribution in [3.05, 3.63) is 29.8 Å². The normalized spacial score (nSPS) is 16.9. The summed E-state index contributed by atoms with van der Waals surface area (Å²) in [6.07, 6.45) is 9.29. The maximum atomic E-state index is 9.96. The van der Waals surface area contributed by atoms with Crippen LogP contribution in [0.3, 0.4) is 0 Å². The molecule has 0 radical (unpaired) electrons. The van der Waals surface area contributed by atoms with Crippen LogP contribution in [0, 0.1) is 0 Å². The van der Waals surface area contributed by atoms with E-state index in [9.17, 15) is 5.11 Å². The fourth-order valence-electron chi connectivity index (χ4n) is 3.06. The van der Waals surface area contributed by atoms with E-state index in [1.165, 1.54) is 44.9 Å². The molecular weight excluding hydrogens is 234 g/mol. The molecule has 1 saturated carbocycles.